The summed E-state index contributed by atoms with van der Waals surface area (Å²) in [5.41, 5.74) is 2.21. The minimum atomic E-state index is -0.132. The molecule has 1 atom stereocenters. The lowest BCUT2D eigenvalue weighted by Crippen LogP contribution is -2.36. The molecule has 1 saturated heterocycles. The number of benzene rings is 1. The summed E-state index contributed by atoms with van der Waals surface area (Å²) in [6, 6.07) is 6.26. The Morgan fingerprint density at radius 1 is 1.28 bits per heavy atom. The number of carbonyl (C=O) groups excluding carboxylic acids is 2. The average molecular weight is 344 g/mol. The molecule has 1 aliphatic heterocycles. The third-order valence-electron chi connectivity index (χ3n) is 5.51. The zero-order valence-electron chi connectivity index (χ0n) is 15.2. The number of nitrogens with zero attached hydrogens (tertiary/aromatic N) is 1. The summed E-state index contributed by atoms with van der Waals surface area (Å²) in [7, 11) is 0. The van der Waals surface area contributed by atoms with Crippen molar-refractivity contribution in [3.63, 3.8) is 0 Å². The fraction of sp³-hybridized carbons (Fsp3) is 0.600. The lowest BCUT2D eigenvalue weighted by Gasteiger charge is -2.24. The van der Waals surface area contributed by atoms with Crippen LogP contribution in [0, 0.1) is 19.8 Å². The van der Waals surface area contributed by atoms with E-state index in [-0.39, 0.29) is 24.3 Å². The molecule has 1 saturated carbocycles. The van der Waals surface area contributed by atoms with Crippen molar-refractivity contribution in [3.8, 4) is 5.75 Å². The van der Waals surface area contributed by atoms with Crippen molar-refractivity contribution in [2.45, 2.75) is 52.0 Å². The minimum absolute atomic E-state index is 0.0112. The summed E-state index contributed by atoms with van der Waals surface area (Å²) >= 11 is 0. The second kappa shape index (κ2) is 7.89. The highest BCUT2D eigenvalue weighted by Crippen LogP contribution is 2.29. The molecule has 2 aliphatic rings. The number of likely N-dealkylation sites (tertiary alicyclic amines) is 1. The molecule has 1 heterocycles. The van der Waals surface area contributed by atoms with Gasteiger partial charge in [-0.05, 0) is 43.9 Å². The Balaban J connectivity index is 1.42. The molecule has 5 nitrogen and oxygen atoms in total. The van der Waals surface area contributed by atoms with Gasteiger partial charge in [-0.1, -0.05) is 25.0 Å². The van der Waals surface area contributed by atoms with Crippen molar-refractivity contribution in [2.24, 2.45) is 5.92 Å². The van der Waals surface area contributed by atoms with Crippen LogP contribution in [0.4, 0.5) is 0 Å². The van der Waals surface area contributed by atoms with E-state index in [1.54, 1.807) is 0 Å². The van der Waals surface area contributed by atoms with Gasteiger partial charge in [-0.3, -0.25) is 9.59 Å². The van der Waals surface area contributed by atoms with Gasteiger partial charge in [0.15, 0.2) is 6.61 Å². The summed E-state index contributed by atoms with van der Waals surface area (Å²) in [6.07, 6.45) is 5.27. The van der Waals surface area contributed by atoms with E-state index < -0.39 is 0 Å². The van der Waals surface area contributed by atoms with Gasteiger partial charge in [0.2, 0.25) is 5.91 Å². The molecule has 1 aromatic rings. The summed E-state index contributed by atoms with van der Waals surface area (Å²) in [5, 5.41) is 2.92. The largest absolute Gasteiger partial charge is 0.483 e. The predicted octanol–water partition coefficient (Wildman–Crippen LogP) is 2.59. The Bertz CT molecular complexity index is 638. The number of nitrogens with one attached hydrogen (secondary N) is 1. The number of hydrogen-bond acceptors (Lipinski definition) is 3. The van der Waals surface area contributed by atoms with E-state index in [0.29, 0.717) is 19.0 Å². The lowest BCUT2D eigenvalue weighted by molar-refractivity contribution is -0.129. The normalized spacial score (nSPS) is 21.0. The van der Waals surface area contributed by atoms with Gasteiger partial charge in [-0.15, -0.1) is 0 Å². The molecule has 1 N–H and O–H groups in total. The van der Waals surface area contributed by atoms with Gasteiger partial charge in [0.25, 0.3) is 5.91 Å². The molecular weight excluding hydrogens is 316 g/mol. The highest BCUT2D eigenvalue weighted by molar-refractivity contribution is 5.80. The van der Waals surface area contributed by atoms with Crippen LogP contribution in [0.25, 0.3) is 0 Å². The lowest BCUT2D eigenvalue weighted by atomic mass is 10.1. The van der Waals surface area contributed by atoms with Crippen LogP contribution in [0.3, 0.4) is 0 Å². The first-order valence-electron chi connectivity index (χ1n) is 9.29. The first-order chi connectivity index (χ1) is 12.0. The van der Waals surface area contributed by atoms with Gasteiger partial charge in [-0.2, -0.15) is 0 Å². The Labute approximate surface area is 149 Å². The molecule has 0 radical (unpaired) electrons. The molecule has 5 heteroatoms. The van der Waals surface area contributed by atoms with E-state index in [1.165, 1.54) is 12.8 Å². The van der Waals surface area contributed by atoms with E-state index >= 15 is 0 Å². The molecular formula is C20H28N2O3. The first-order valence-corrected chi connectivity index (χ1v) is 9.29. The van der Waals surface area contributed by atoms with Crippen LogP contribution < -0.4 is 10.1 Å². The third kappa shape index (κ3) is 4.33. The van der Waals surface area contributed by atoms with Gasteiger partial charge < -0.3 is 15.0 Å². The number of amides is 2. The van der Waals surface area contributed by atoms with Gasteiger partial charge >= 0.3 is 0 Å². The first kappa shape index (κ1) is 17.8. The highest BCUT2D eigenvalue weighted by atomic mass is 16.5. The zero-order chi connectivity index (χ0) is 17.8. The Hall–Kier alpha value is -2.04. The molecule has 3 rings (SSSR count). The second-order valence-corrected chi connectivity index (χ2v) is 7.35. The predicted molar refractivity (Wildman–Crippen MR) is 96.5 cm³/mol. The van der Waals surface area contributed by atoms with Crippen LogP contribution in [0.5, 0.6) is 5.75 Å². The van der Waals surface area contributed by atoms with Crippen LogP contribution >= 0.6 is 0 Å². The number of hydrogen-bond donors (Lipinski definition) is 1. The van der Waals surface area contributed by atoms with Crippen molar-refractivity contribution >= 4 is 11.8 Å². The molecule has 25 heavy (non-hydrogen) atoms. The maximum absolute atomic E-state index is 12.2. The Morgan fingerprint density at radius 2 is 2.04 bits per heavy atom. The third-order valence-corrected chi connectivity index (χ3v) is 5.51. The van der Waals surface area contributed by atoms with Crippen LogP contribution in [-0.2, 0) is 9.59 Å². The van der Waals surface area contributed by atoms with Crippen LogP contribution in [0.1, 0.15) is 43.2 Å². The number of rotatable bonds is 6. The van der Waals surface area contributed by atoms with E-state index in [2.05, 4.69) is 5.32 Å². The summed E-state index contributed by atoms with van der Waals surface area (Å²) < 4.78 is 5.63. The molecule has 1 aromatic carbocycles. The maximum atomic E-state index is 12.2. The molecule has 2 amide bonds. The van der Waals surface area contributed by atoms with Gasteiger partial charge in [0.1, 0.15) is 5.75 Å². The summed E-state index contributed by atoms with van der Waals surface area (Å²) in [4.78, 5) is 26.3. The van der Waals surface area contributed by atoms with Crippen molar-refractivity contribution in [2.75, 3.05) is 19.7 Å². The van der Waals surface area contributed by atoms with Gasteiger partial charge in [-0.25, -0.2) is 0 Å². The van der Waals surface area contributed by atoms with Crippen LogP contribution in [0.15, 0.2) is 18.2 Å². The van der Waals surface area contributed by atoms with E-state index in [1.807, 2.05) is 36.9 Å². The molecule has 1 unspecified atom stereocenters. The van der Waals surface area contributed by atoms with E-state index in [9.17, 15) is 9.59 Å². The van der Waals surface area contributed by atoms with Gasteiger partial charge in [0, 0.05) is 31.5 Å². The SMILES string of the molecule is Cc1cccc(OCC(=O)NCC2CC(=O)N(C3CCCC3)C2)c1C. The van der Waals surface area contributed by atoms with E-state index in [4.69, 9.17) is 4.74 Å². The number of aryl methyl sites for hydroxylation is 1. The molecule has 136 valence electrons. The molecule has 0 spiro atoms. The Kier molecular flexibility index (Phi) is 5.61. The van der Waals surface area contributed by atoms with Gasteiger partial charge in [0.05, 0.1) is 0 Å². The van der Waals surface area contributed by atoms with Crippen LogP contribution in [-0.4, -0.2) is 42.5 Å². The number of ether oxygens (including phenoxy) is 1. The maximum Gasteiger partial charge on any atom is 0.257 e. The van der Waals surface area contributed by atoms with Crippen molar-refractivity contribution in [1.82, 2.24) is 10.2 Å². The number of carbonyl (C=O) groups is 2. The second-order valence-electron chi connectivity index (χ2n) is 7.35. The van der Waals surface area contributed by atoms with Crippen molar-refractivity contribution in [1.29, 1.82) is 0 Å². The zero-order valence-corrected chi connectivity index (χ0v) is 15.2. The highest BCUT2D eigenvalue weighted by Gasteiger charge is 2.35. The topological polar surface area (TPSA) is 58.6 Å². The quantitative estimate of drug-likeness (QED) is 0.863. The smallest absolute Gasteiger partial charge is 0.257 e. The van der Waals surface area contributed by atoms with E-state index in [0.717, 1.165) is 36.3 Å². The summed E-state index contributed by atoms with van der Waals surface area (Å²) in [5.74, 6) is 1.09. The molecule has 1 aliphatic carbocycles. The fourth-order valence-corrected chi connectivity index (χ4v) is 3.85. The fourth-order valence-electron chi connectivity index (χ4n) is 3.85. The standard InChI is InChI=1S/C20H28N2O3/c1-14-6-5-9-18(15(14)2)25-13-19(23)21-11-16-10-20(24)22(12-16)17-7-3-4-8-17/h5-6,9,16-17H,3-4,7-8,10-13H2,1-2H3,(H,21,23). The Morgan fingerprint density at radius 3 is 2.80 bits per heavy atom. The van der Waals surface area contributed by atoms with Crippen LogP contribution in [0.2, 0.25) is 0 Å². The van der Waals surface area contributed by atoms with Crippen molar-refractivity contribution < 1.29 is 14.3 Å². The molecule has 0 bridgehead atoms. The molecule has 0 aromatic heterocycles. The average Bonchev–Trinajstić information content (AvgIpc) is 3.23. The minimum Gasteiger partial charge on any atom is -0.483 e. The van der Waals surface area contributed by atoms with Crippen molar-refractivity contribution in [3.05, 3.63) is 29.3 Å². The monoisotopic (exact) mass is 344 g/mol. The summed E-state index contributed by atoms with van der Waals surface area (Å²) in [6.45, 7) is 5.35. The molecule has 2 fully saturated rings.